The zero-order valence-corrected chi connectivity index (χ0v) is 20.6. The van der Waals surface area contributed by atoms with Crippen molar-refractivity contribution in [2.75, 3.05) is 7.11 Å². The molecule has 0 spiro atoms. The van der Waals surface area contributed by atoms with Crippen molar-refractivity contribution in [2.45, 2.75) is 19.4 Å². The van der Waals surface area contributed by atoms with E-state index in [0.29, 0.717) is 6.61 Å². The molecule has 0 aliphatic heterocycles. The van der Waals surface area contributed by atoms with Crippen LogP contribution in [0.4, 0.5) is 0 Å². The summed E-state index contributed by atoms with van der Waals surface area (Å²) in [7, 11) is 1.68. The summed E-state index contributed by atoms with van der Waals surface area (Å²) in [5.74, 6) is 1.71. The molecule has 0 N–H and O–H groups in total. The van der Waals surface area contributed by atoms with Crippen molar-refractivity contribution < 1.29 is 9.47 Å². The molecule has 178 valence electrons. The van der Waals surface area contributed by atoms with Gasteiger partial charge in [-0.1, -0.05) is 110 Å². The van der Waals surface area contributed by atoms with Gasteiger partial charge in [0, 0.05) is 11.8 Å². The van der Waals surface area contributed by atoms with Crippen molar-refractivity contribution in [3.8, 4) is 28.0 Å². The van der Waals surface area contributed by atoms with Gasteiger partial charge in [0.05, 0.1) is 12.9 Å². The molecule has 5 rings (SSSR count). The Balaban J connectivity index is 1.48. The van der Waals surface area contributed by atoms with Crippen molar-refractivity contribution in [3.05, 3.63) is 139 Å². The summed E-state index contributed by atoms with van der Waals surface area (Å²) in [6.07, 6.45) is 1.70. The molecule has 0 saturated carbocycles. The highest BCUT2D eigenvalue weighted by Gasteiger charge is 2.11. The quantitative estimate of drug-likeness (QED) is 0.200. The van der Waals surface area contributed by atoms with Gasteiger partial charge < -0.3 is 9.47 Å². The highest BCUT2D eigenvalue weighted by atomic mass is 16.5. The predicted octanol–water partition coefficient (Wildman–Crippen LogP) is 8.85. The van der Waals surface area contributed by atoms with Crippen LogP contribution in [0.2, 0.25) is 0 Å². The highest BCUT2D eigenvalue weighted by molar-refractivity contribution is 6.00. The van der Waals surface area contributed by atoms with E-state index in [0.717, 1.165) is 35.3 Å². The Morgan fingerprint density at radius 1 is 0.667 bits per heavy atom. The van der Waals surface area contributed by atoms with E-state index in [1.54, 1.807) is 7.11 Å². The fraction of sp³-hybridized carbons (Fsp3) is 0.118. The standard InChI is InChI=1S/C34H30O2/c1-25(35-2)19-20-27-13-6-7-16-30(27)28-14-10-15-29(23-28)31-21-22-34(33-18-9-8-17-32(31)33)36-24-26-11-4-3-5-12-26/h3-18,21-23H,1,19-20,24H2,2H3. The molecule has 0 amide bonds. The monoisotopic (exact) mass is 470 g/mol. The summed E-state index contributed by atoms with van der Waals surface area (Å²) in [5, 5.41) is 2.31. The van der Waals surface area contributed by atoms with Gasteiger partial charge in [-0.25, -0.2) is 0 Å². The Morgan fingerprint density at radius 3 is 2.17 bits per heavy atom. The van der Waals surface area contributed by atoms with E-state index in [1.165, 1.54) is 33.2 Å². The van der Waals surface area contributed by atoms with E-state index in [1.807, 2.05) is 18.2 Å². The first-order valence-electron chi connectivity index (χ1n) is 12.3. The number of ether oxygens (including phenoxy) is 2. The Labute approximate surface area is 213 Å². The summed E-state index contributed by atoms with van der Waals surface area (Å²) in [6, 6.07) is 40.4. The molecule has 0 aliphatic carbocycles. The number of rotatable bonds is 9. The van der Waals surface area contributed by atoms with Crippen molar-refractivity contribution in [1.82, 2.24) is 0 Å². The lowest BCUT2D eigenvalue weighted by molar-refractivity contribution is 0.279. The third kappa shape index (κ3) is 5.18. The lowest BCUT2D eigenvalue weighted by atomic mass is 9.92. The first-order valence-corrected chi connectivity index (χ1v) is 12.3. The fourth-order valence-corrected chi connectivity index (χ4v) is 4.63. The fourth-order valence-electron chi connectivity index (χ4n) is 4.63. The summed E-state index contributed by atoms with van der Waals surface area (Å²) >= 11 is 0. The van der Waals surface area contributed by atoms with E-state index in [9.17, 15) is 0 Å². The molecule has 0 aliphatic rings. The normalized spacial score (nSPS) is 10.8. The van der Waals surface area contributed by atoms with Crippen LogP contribution in [-0.2, 0) is 17.8 Å². The summed E-state index contributed by atoms with van der Waals surface area (Å²) in [6.45, 7) is 4.53. The molecular weight excluding hydrogens is 440 g/mol. The molecule has 0 unspecified atom stereocenters. The van der Waals surface area contributed by atoms with Crippen LogP contribution in [0.15, 0.2) is 128 Å². The minimum absolute atomic E-state index is 0.548. The first-order chi connectivity index (χ1) is 17.7. The van der Waals surface area contributed by atoms with E-state index >= 15 is 0 Å². The Hall–Kier alpha value is -4.30. The molecule has 0 heterocycles. The van der Waals surface area contributed by atoms with Crippen LogP contribution in [-0.4, -0.2) is 7.11 Å². The lowest BCUT2D eigenvalue weighted by Gasteiger charge is -2.15. The zero-order valence-electron chi connectivity index (χ0n) is 20.6. The second-order valence-electron chi connectivity index (χ2n) is 8.91. The van der Waals surface area contributed by atoms with Gasteiger partial charge in [-0.15, -0.1) is 0 Å². The number of aryl methyl sites for hydroxylation is 1. The molecule has 5 aromatic carbocycles. The summed E-state index contributed by atoms with van der Waals surface area (Å²) < 4.78 is 11.5. The Kier molecular flexibility index (Phi) is 7.14. The second-order valence-corrected chi connectivity index (χ2v) is 8.91. The molecule has 36 heavy (non-hydrogen) atoms. The third-order valence-electron chi connectivity index (χ3n) is 6.59. The zero-order chi connectivity index (χ0) is 24.7. The van der Waals surface area contributed by atoms with Gasteiger partial charge in [0.15, 0.2) is 0 Å². The predicted molar refractivity (Wildman–Crippen MR) is 150 cm³/mol. The first kappa shape index (κ1) is 23.4. The average Bonchev–Trinajstić information content (AvgIpc) is 2.95. The number of hydrogen-bond acceptors (Lipinski definition) is 2. The maximum atomic E-state index is 6.24. The maximum absolute atomic E-state index is 6.24. The van der Waals surface area contributed by atoms with Crippen LogP contribution < -0.4 is 4.74 Å². The van der Waals surface area contributed by atoms with Crippen LogP contribution in [0.25, 0.3) is 33.0 Å². The molecule has 0 aromatic heterocycles. The minimum atomic E-state index is 0.548. The smallest absolute Gasteiger partial charge is 0.127 e. The van der Waals surface area contributed by atoms with Gasteiger partial charge in [0.1, 0.15) is 12.4 Å². The minimum Gasteiger partial charge on any atom is -0.502 e. The molecule has 2 heteroatoms. The number of benzene rings is 5. The van der Waals surface area contributed by atoms with Gasteiger partial charge in [-0.05, 0) is 57.3 Å². The van der Waals surface area contributed by atoms with Crippen molar-refractivity contribution in [2.24, 2.45) is 0 Å². The van der Waals surface area contributed by atoms with Crippen molar-refractivity contribution >= 4 is 10.8 Å². The van der Waals surface area contributed by atoms with E-state index in [4.69, 9.17) is 9.47 Å². The van der Waals surface area contributed by atoms with Crippen LogP contribution in [0.3, 0.4) is 0 Å². The molecular formula is C34H30O2. The van der Waals surface area contributed by atoms with Gasteiger partial charge in [-0.2, -0.15) is 0 Å². The number of fused-ring (bicyclic) bond motifs is 1. The molecule has 0 radical (unpaired) electrons. The summed E-state index contributed by atoms with van der Waals surface area (Å²) in [5.41, 5.74) is 7.29. The third-order valence-corrected chi connectivity index (χ3v) is 6.59. The van der Waals surface area contributed by atoms with Crippen LogP contribution in [0, 0.1) is 0 Å². The number of allylic oxidation sites excluding steroid dienone is 1. The van der Waals surface area contributed by atoms with Crippen LogP contribution in [0.5, 0.6) is 5.75 Å². The average molecular weight is 471 g/mol. The van der Waals surface area contributed by atoms with Crippen molar-refractivity contribution in [3.63, 3.8) is 0 Å². The molecule has 0 saturated heterocycles. The van der Waals surface area contributed by atoms with E-state index in [-0.39, 0.29) is 0 Å². The largest absolute Gasteiger partial charge is 0.502 e. The highest BCUT2D eigenvalue weighted by Crippen LogP contribution is 2.37. The number of methoxy groups -OCH3 is 1. The van der Waals surface area contributed by atoms with Crippen molar-refractivity contribution in [1.29, 1.82) is 0 Å². The molecule has 0 bridgehead atoms. The van der Waals surface area contributed by atoms with Gasteiger partial charge in [0.25, 0.3) is 0 Å². The van der Waals surface area contributed by atoms with Gasteiger partial charge in [0.2, 0.25) is 0 Å². The van der Waals surface area contributed by atoms with Crippen LogP contribution >= 0.6 is 0 Å². The second kappa shape index (κ2) is 11.0. The van der Waals surface area contributed by atoms with Gasteiger partial charge in [-0.3, -0.25) is 0 Å². The van der Waals surface area contributed by atoms with E-state index < -0.39 is 0 Å². The lowest BCUT2D eigenvalue weighted by Crippen LogP contribution is -1.96. The summed E-state index contributed by atoms with van der Waals surface area (Å²) in [4.78, 5) is 0. The Morgan fingerprint density at radius 2 is 1.36 bits per heavy atom. The number of hydrogen-bond donors (Lipinski definition) is 0. The SMILES string of the molecule is C=C(CCc1ccccc1-c1cccc(-c2ccc(OCc3ccccc3)c3ccccc23)c1)OC. The Bertz CT molecular complexity index is 1480. The molecule has 0 atom stereocenters. The molecule has 0 fully saturated rings. The topological polar surface area (TPSA) is 18.5 Å². The molecule has 2 nitrogen and oxygen atoms in total. The molecule has 5 aromatic rings. The van der Waals surface area contributed by atoms with Crippen LogP contribution in [0.1, 0.15) is 17.5 Å². The van der Waals surface area contributed by atoms with Gasteiger partial charge >= 0.3 is 0 Å². The van der Waals surface area contributed by atoms with E-state index in [2.05, 4.69) is 104 Å². The maximum Gasteiger partial charge on any atom is 0.127 e.